The highest BCUT2D eigenvalue weighted by Gasteiger charge is 2.34. The fourth-order valence-electron chi connectivity index (χ4n) is 4.21. The highest BCUT2D eigenvalue weighted by molar-refractivity contribution is 7.92. The first-order valence-electron chi connectivity index (χ1n) is 12.7. The highest BCUT2D eigenvalue weighted by atomic mass is 35.5. The predicted octanol–water partition coefficient (Wildman–Crippen LogP) is 5.75. The van der Waals surface area contributed by atoms with Gasteiger partial charge in [0.25, 0.3) is 10.0 Å². The smallest absolute Gasteiger partial charge is 0.264 e. The van der Waals surface area contributed by atoms with Crippen LogP contribution in [0.15, 0.2) is 71.6 Å². The fraction of sp³-hybridized carbons (Fsp3) is 0.310. The normalized spacial score (nSPS) is 12.1. The van der Waals surface area contributed by atoms with Crippen LogP contribution in [0.2, 0.25) is 10.0 Å². The zero-order chi connectivity index (χ0) is 28.7. The predicted molar refractivity (Wildman–Crippen MR) is 157 cm³/mol. The Morgan fingerprint density at radius 3 is 2.23 bits per heavy atom. The monoisotopic (exact) mass is 589 g/mol. The Balaban J connectivity index is 2.12. The van der Waals surface area contributed by atoms with Gasteiger partial charge in [-0.25, -0.2) is 8.42 Å². The van der Waals surface area contributed by atoms with Gasteiger partial charge in [-0.2, -0.15) is 0 Å². The lowest BCUT2D eigenvalue weighted by Gasteiger charge is -2.33. The summed E-state index contributed by atoms with van der Waals surface area (Å²) in [4.78, 5) is 28.5. The van der Waals surface area contributed by atoms with Crippen LogP contribution < -0.4 is 9.62 Å². The van der Waals surface area contributed by atoms with Crippen molar-refractivity contribution in [3.63, 3.8) is 0 Å². The highest BCUT2D eigenvalue weighted by Crippen LogP contribution is 2.33. The minimum Gasteiger partial charge on any atom is -0.355 e. The third-order valence-electron chi connectivity index (χ3n) is 6.40. The summed E-state index contributed by atoms with van der Waals surface area (Å²) in [5.74, 6) is -0.862. The number of likely N-dealkylation sites (N-methyl/N-ethyl adjacent to an activating group) is 1. The minimum atomic E-state index is -4.24. The first kappa shape index (κ1) is 30.5. The quantitative estimate of drug-likeness (QED) is 0.308. The van der Waals surface area contributed by atoms with E-state index in [1.807, 2.05) is 45.0 Å². The van der Waals surface area contributed by atoms with Crippen LogP contribution >= 0.6 is 23.2 Å². The molecule has 1 N–H and O–H groups in total. The molecule has 0 aliphatic carbocycles. The molecular formula is C29H33Cl2N3O4S. The van der Waals surface area contributed by atoms with Crippen LogP contribution in [0, 0.1) is 13.8 Å². The molecule has 0 fully saturated rings. The largest absolute Gasteiger partial charge is 0.355 e. The van der Waals surface area contributed by atoms with E-state index in [1.165, 1.54) is 29.2 Å². The number of nitrogens with one attached hydrogen (secondary N) is 1. The van der Waals surface area contributed by atoms with Crippen LogP contribution in [-0.4, -0.2) is 44.3 Å². The average molecular weight is 591 g/mol. The van der Waals surface area contributed by atoms with Crippen molar-refractivity contribution in [3.05, 3.63) is 93.5 Å². The maximum absolute atomic E-state index is 14.0. The maximum Gasteiger partial charge on any atom is 0.264 e. The van der Waals surface area contributed by atoms with Gasteiger partial charge in [0.15, 0.2) is 0 Å². The van der Waals surface area contributed by atoms with E-state index >= 15 is 0 Å². The Bertz CT molecular complexity index is 1430. The second kappa shape index (κ2) is 13.3. The van der Waals surface area contributed by atoms with E-state index in [9.17, 15) is 18.0 Å². The number of anilines is 1. The summed E-state index contributed by atoms with van der Waals surface area (Å²) >= 11 is 12.7. The molecule has 10 heteroatoms. The summed E-state index contributed by atoms with van der Waals surface area (Å²) in [6.07, 6.45) is 0.339. The van der Waals surface area contributed by atoms with Crippen LogP contribution in [0.3, 0.4) is 0 Å². The summed E-state index contributed by atoms with van der Waals surface area (Å²) < 4.78 is 28.8. The van der Waals surface area contributed by atoms with E-state index in [1.54, 1.807) is 25.1 Å². The zero-order valence-electron chi connectivity index (χ0n) is 22.4. The van der Waals surface area contributed by atoms with Crippen molar-refractivity contribution in [1.29, 1.82) is 0 Å². The molecular weight excluding hydrogens is 557 g/mol. The first-order chi connectivity index (χ1) is 18.5. The molecule has 0 spiro atoms. The summed E-state index contributed by atoms with van der Waals surface area (Å²) in [6.45, 7) is 7.32. The summed E-state index contributed by atoms with van der Waals surface area (Å²) in [6, 6.07) is 17.5. The van der Waals surface area contributed by atoms with Crippen molar-refractivity contribution >= 4 is 50.7 Å². The number of rotatable bonds is 11. The van der Waals surface area contributed by atoms with E-state index in [2.05, 4.69) is 5.32 Å². The zero-order valence-corrected chi connectivity index (χ0v) is 24.8. The van der Waals surface area contributed by atoms with Gasteiger partial charge in [0.1, 0.15) is 12.6 Å². The van der Waals surface area contributed by atoms with Crippen LogP contribution in [0.1, 0.15) is 37.0 Å². The Morgan fingerprint density at radius 1 is 0.949 bits per heavy atom. The summed E-state index contributed by atoms with van der Waals surface area (Å²) in [5, 5.41) is 3.17. The van der Waals surface area contributed by atoms with Crippen molar-refractivity contribution < 1.29 is 18.0 Å². The third-order valence-corrected chi connectivity index (χ3v) is 8.73. The topological polar surface area (TPSA) is 86.8 Å². The van der Waals surface area contributed by atoms with Crippen LogP contribution in [0.4, 0.5) is 5.69 Å². The van der Waals surface area contributed by atoms with Crippen LogP contribution in [0.25, 0.3) is 0 Å². The maximum atomic E-state index is 14.0. The lowest BCUT2D eigenvalue weighted by atomic mass is 10.1. The Hall–Kier alpha value is -3.07. The molecule has 7 nitrogen and oxygen atoms in total. The van der Waals surface area contributed by atoms with Gasteiger partial charge in [-0.05, 0) is 68.7 Å². The molecule has 3 aromatic carbocycles. The van der Waals surface area contributed by atoms with Gasteiger partial charge < -0.3 is 10.2 Å². The molecule has 0 unspecified atom stereocenters. The van der Waals surface area contributed by atoms with Gasteiger partial charge in [-0.15, -0.1) is 0 Å². The van der Waals surface area contributed by atoms with Gasteiger partial charge in [0.05, 0.1) is 15.6 Å². The van der Waals surface area contributed by atoms with Gasteiger partial charge in [0.2, 0.25) is 11.8 Å². The van der Waals surface area contributed by atoms with E-state index in [0.29, 0.717) is 13.0 Å². The van der Waals surface area contributed by atoms with E-state index in [4.69, 9.17) is 23.2 Å². The van der Waals surface area contributed by atoms with Crippen LogP contribution in [-0.2, 0) is 26.2 Å². The van der Waals surface area contributed by atoms with Crippen molar-refractivity contribution in [1.82, 2.24) is 10.2 Å². The van der Waals surface area contributed by atoms with Gasteiger partial charge in [-0.3, -0.25) is 13.9 Å². The lowest BCUT2D eigenvalue weighted by molar-refractivity contribution is -0.140. The first-order valence-corrected chi connectivity index (χ1v) is 14.8. The number of hydrogen-bond acceptors (Lipinski definition) is 4. The molecule has 0 aromatic heterocycles. The molecule has 0 radical (unpaired) electrons. The van der Waals surface area contributed by atoms with Gasteiger partial charge in [-0.1, -0.05) is 72.1 Å². The molecule has 0 bridgehead atoms. The molecule has 208 valence electrons. The number of nitrogens with zero attached hydrogens (tertiary/aromatic N) is 2. The van der Waals surface area contributed by atoms with Gasteiger partial charge >= 0.3 is 0 Å². The average Bonchev–Trinajstić information content (AvgIpc) is 2.90. The number of sulfonamides is 1. The number of carbonyl (C=O) groups excluding carboxylic acids is 2. The van der Waals surface area contributed by atoms with Gasteiger partial charge in [0, 0.05) is 18.1 Å². The van der Waals surface area contributed by atoms with Crippen molar-refractivity contribution in [2.45, 2.75) is 51.6 Å². The van der Waals surface area contributed by atoms with Crippen LogP contribution in [0.5, 0.6) is 0 Å². The number of halogens is 2. The molecule has 0 heterocycles. The Kier molecular flexibility index (Phi) is 10.4. The van der Waals surface area contributed by atoms with E-state index in [-0.39, 0.29) is 33.1 Å². The second-order valence-corrected chi connectivity index (χ2v) is 11.9. The van der Waals surface area contributed by atoms with Crippen molar-refractivity contribution in [2.24, 2.45) is 0 Å². The summed E-state index contributed by atoms with van der Waals surface area (Å²) in [7, 11) is -4.24. The molecule has 0 aliphatic heterocycles. The van der Waals surface area contributed by atoms with E-state index in [0.717, 1.165) is 21.0 Å². The molecule has 2 amide bonds. The summed E-state index contributed by atoms with van der Waals surface area (Å²) in [5.41, 5.74) is 2.75. The SMILES string of the molecule is CCNC(=O)[C@@H](CC)N(Cc1ccccc1C)C(=O)CN(c1cc(Cl)ccc1Cl)S(=O)(=O)c1ccc(C)cc1. The Labute approximate surface area is 240 Å². The minimum absolute atomic E-state index is 0.00170. The molecule has 0 saturated carbocycles. The Morgan fingerprint density at radius 2 is 1.62 bits per heavy atom. The number of hydrogen-bond donors (Lipinski definition) is 1. The molecule has 0 aliphatic rings. The number of carbonyl (C=O) groups is 2. The lowest BCUT2D eigenvalue weighted by Crippen LogP contribution is -2.52. The number of amides is 2. The number of aryl methyl sites for hydroxylation is 2. The fourth-order valence-corrected chi connectivity index (χ4v) is 6.07. The second-order valence-electron chi connectivity index (χ2n) is 9.19. The molecule has 3 aromatic rings. The van der Waals surface area contributed by atoms with Crippen molar-refractivity contribution in [2.75, 3.05) is 17.4 Å². The molecule has 1 atom stereocenters. The molecule has 3 rings (SSSR count). The molecule has 0 saturated heterocycles. The van der Waals surface area contributed by atoms with E-state index < -0.39 is 28.5 Å². The standard InChI is InChI=1S/C29H33Cl2N3O4S/c1-5-26(29(36)32-6-2)33(18-22-10-8-7-9-21(22)4)28(35)19-34(27-17-23(30)13-16-25(27)31)39(37,38)24-14-11-20(3)12-15-24/h7-17,26H,5-6,18-19H2,1-4H3,(H,32,36)/t26-/m1/s1. The number of benzene rings is 3. The van der Waals surface area contributed by atoms with Crippen molar-refractivity contribution in [3.8, 4) is 0 Å². The third kappa shape index (κ3) is 7.32. The molecule has 39 heavy (non-hydrogen) atoms.